The van der Waals surface area contributed by atoms with Gasteiger partial charge in [-0.15, -0.1) is 23.5 Å². The van der Waals surface area contributed by atoms with Gasteiger partial charge >= 0.3 is 1.43 Å². The molecule has 8 aromatic rings. The number of thioether (sulfide) groups is 2. The average Bonchev–Trinajstić information content (AvgIpc) is 3.37. The van der Waals surface area contributed by atoms with Crippen molar-refractivity contribution in [3.63, 3.8) is 0 Å². The summed E-state index contributed by atoms with van der Waals surface area (Å²) in [5.74, 6) is 0.111. The maximum atomic E-state index is 12.0. The molecular formula is C55H51Cl3N5O4S3+. The Kier molecular flexibility index (Phi) is 21.1. The second-order valence-corrected chi connectivity index (χ2v) is 20.5. The Morgan fingerprint density at radius 3 is 1.36 bits per heavy atom. The van der Waals surface area contributed by atoms with Crippen LogP contribution in [-0.4, -0.2) is 64.2 Å². The standard InChI is InChI=1S/C18H15ClN2O2S.C18H15ClN2S.C15H15NOS.C4H5ClO/c1-12-3-4-14(10-20-12)18-17(9-15(19)11-21-18)13-5-7-16(8-6-13)24(2,22)23;1-12-3-4-14(10-20-12)18-17(9-15(19)11-21-18)13-5-7-16(22-2)8-6-13;1-11-3-6-13(10-16-11)15(17)9-12-4-7-14(18-2)8-5-12;1-2-4(5)3-6/h3-11H,1-2H3;3-11H,1-2H3;3-8,10H,9H2,1-2H3;2-3H,1H3/p+1. The fraction of sp³-hybridized carbons (Fsp3) is 0.145. The van der Waals surface area contributed by atoms with Crippen molar-refractivity contribution in [1.82, 2.24) is 24.9 Å². The number of halogens is 3. The van der Waals surface area contributed by atoms with Crippen LogP contribution in [0.5, 0.6) is 0 Å². The second-order valence-electron chi connectivity index (χ2n) is 15.4. The van der Waals surface area contributed by atoms with E-state index in [-0.39, 0.29) is 17.1 Å². The van der Waals surface area contributed by atoms with Crippen molar-refractivity contribution in [2.24, 2.45) is 0 Å². The molecule has 3 aromatic carbocycles. The van der Waals surface area contributed by atoms with Crippen molar-refractivity contribution in [3.8, 4) is 44.8 Å². The molecule has 0 aliphatic rings. The third-order valence-electron chi connectivity index (χ3n) is 10.2. The van der Waals surface area contributed by atoms with Crippen molar-refractivity contribution in [2.75, 3.05) is 18.8 Å². The molecule has 9 nitrogen and oxygen atoms in total. The number of aromatic nitrogens is 5. The van der Waals surface area contributed by atoms with Gasteiger partial charge in [0.1, 0.15) is 0 Å². The molecule has 0 saturated heterocycles. The summed E-state index contributed by atoms with van der Waals surface area (Å²) in [6.07, 6.45) is 16.4. The largest absolute Gasteiger partial charge is 1.00 e. The van der Waals surface area contributed by atoms with Crippen LogP contribution in [0.15, 0.2) is 178 Å². The Bertz CT molecular complexity index is 3150. The molecule has 0 saturated carbocycles. The number of allylic oxidation sites excluding steroid dienone is 2. The highest BCUT2D eigenvalue weighted by molar-refractivity contribution is 7.98. The lowest BCUT2D eigenvalue weighted by Crippen LogP contribution is -2.04. The van der Waals surface area contributed by atoms with Gasteiger partial charge in [-0.1, -0.05) is 77.3 Å². The summed E-state index contributed by atoms with van der Waals surface area (Å²) in [6, 6.07) is 38.6. The number of hydrogen-bond donors (Lipinski definition) is 0. The van der Waals surface area contributed by atoms with Gasteiger partial charge in [-0.25, -0.2) is 8.42 Å². The number of ketones is 1. The van der Waals surface area contributed by atoms with Crippen LogP contribution in [0, 0.1) is 20.8 Å². The van der Waals surface area contributed by atoms with Gasteiger partial charge in [-0.2, -0.15) is 0 Å². The van der Waals surface area contributed by atoms with Crippen LogP contribution in [0.2, 0.25) is 10.0 Å². The molecule has 0 N–H and O–H groups in total. The van der Waals surface area contributed by atoms with Crippen LogP contribution in [-0.2, 0) is 21.1 Å². The van der Waals surface area contributed by atoms with E-state index in [0.717, 1.165) is 67.4 Å². The van der Waals surface area contributed by atoms with Crippen molar-refractivity contribution in [3.05, 3.63) is 202 Å². The molecule has 0 atom stereocenters. The van der Waals surface area contributed by atoms with Crippen molar-refractivity contribution in [2.45, 2.75) is 48.8 Å². The molecule has 0 amide bonds. The van der Waals surface area contributed by atoms with E-state index in [4.69, 9.17) is 34.8 Å². The Hall–Kier alpha value is -5.99. The van der Waals surface area contributed by atoms with Crippen molar-refractivity contribution in [1.29, 1.82) is 0 Å². The van der Waals surface area contributed by atoms with Crippen molar-refractivity contribution >= 4 is 80.2 Å². The Balaban J connectivity index is 0.000000219. The number of aryl methyl sites for hydroxylation is 3. The summed E-state index contributed by atoms with van der Waals surface area (Å²) in [5.41, 5.74) is 11.9. The predicted octanol–water partition coefficient (Wildman–Crippen LogP) is 14.6. The summed E-state index contributed by atoms with van der Waals surface area (Å²) < 4.78 is 23.2. The van der Waals surface area contributed by atoms with Crippen LogP contribution < -0.4 is 0 Å². The molecule has 8 rings (SSSR count). The summed E-state index contributed by atoms with van der Waals surface area (Å²) in [6.45, 7) is 7.51. The molecule has 0 aliphatic heterocycles. The lowest BCUT2D eigenvalue weighted by molar-refractivity contribution is -0.104. The first-order chi connectivity index (χ1) is 33.5. The fourth-order valence-electron chi connectivity index (χ4n) is 6.38. The molecule has 0 bridgehead atoms. The number of rotatable bonds is 11. The molecule has 0 unspecified atom stereocenters. The summed E-state index contributed by atoms with van der Waals surface area (Å²) >= 11 is 20.8. The number of aldehydes is 1. The highest BCUT2D eigenvalue weighted by Crippen LogP contribution is 2.34. The molecule has 0 spiro atoms. The number of Topliss-reactive ketones (excluding diaryl/α,β-unsaturated/α-hetero) is 1. The fourth-order valence-corrected chi connectivity index (χ4v) is 8.14. The first kappa shape index (κ1) is 54.9. The first-order valence-corrected chi connectivity index (χ1v) is 27.0. The van der Waals surface area contributed by atoms with Gasteiger partial charge in [0, 0.05) is 98.4 Å². The number of hydrogen-bond acceptors (Lipinski definition) is 11. The minimum atomic E-state index is -3.23. The Morgan fingerprint density at radius 2 is 1.00 bits per heavy atom. The average molecular weight is 1050 g/mol. The maximum absolute atomic E-state index is 12.0. The normalized spacial score (nSPS) is 10.9. The molecule has 0 aliphatic carbocycles. The monoisotopic (exact) mass is 1050 g/mol. The van der Waals surface area contributed by atoms with E-state index >= 15 is 0 Å². The van der Waals surface area contributed by atoms with Crippen LogP contribution in [0.25, 0.3) is 44.8 Å². The van der Waals surface area contributed by atoms with Gasteiger partial charge in [0.05, 0.1) is 31.4 Å². The van der Waals surface area contributed by atoms with E-state index in [1.54, 1.807) is 79.5 Å². The van der Waals surface area contributed by atoms with E-state index in [1.165, 1.54) is 22.1 Å². The van der Waals surface area contributed by atoms with Crippen LogP contribution in [0.4, 0.5) is 0 Å². The number of carbonyl (C=O) groups excluding carboxylic acids is 2. The molecule has 5 heterocycles. The lowest BCUT2D eigenvalue weighted by Gasteiger charge is -2.10. The van der Waals surface area contributed by atoms with Crippen LogP contribution in [0.3, 0.4) is 0 Å². The number of benzene rings is 3. The molecular weight excluding hydrogens is 997 g/mol. The zero-order valence-corrected chi connectivity index (χ0v) is 44.2. The van der Waals surface area contributed by atoms with E-state index in [9.17, 15) is 18.0 Å². The van der Waals surface area contributed by atoms with Crippen LogP contribution in [0.1, 0.15) is 41.4 Å². The van der Waals surface area contributed by atoms with Gasteiger partial charge in [-0.05, 0) is 142 Å². The van der Waals surface area contributed by atoms with Gasteiger partial charge in [0.25, 0.3) is 0 Å². The smallest absolute Gasteiger partial charge is 0.297 e. The highest BCUT2D eigenvalue weighted by atomic mass is 35.5. The van der Waals surface area contributed by atoms with Crippen LogP contribution >= 0.6 is 58.3 Å². The maximum Gasteiger partial charge on any atom is 1.00 e. The molecule has 15 heteroatoms. The molecule has 358 valence electrons. The van der Waals surface area contributed by atoms with E-state index in [1.807, 2.05) is 106 Å². The summed E-state index contributed by atoms with van der Waals surface area (Å²) in [7, 11) is -3.23. The first-order valence-electron chi connectivity index (χ1n) is 21.5. The second kappa shape index (κ2) is 26.8. The topological polar surface area (TPSA) is 133 Å². The van der Waals surface area contributed by atoms with Gasteiger partial charge in [0.2, 0.25) is 0 Å². The summed E-state index contributed by atoms with van der Waals surface area (Å²) in [5, 5.41) is 1.41. The number of carbonyl (C=O) groups is 2. The SMILES string of the molecule is CC=C(Cl)C=O.CSc1ccc(-c2cc(Cl)cnc2-c2ccc(C)nc2)cc1.CSc1ccc(CC(=O)c2ccc(C)nc2)cc1.Cc1ccc(-c2ncc(Cl)cc2-c2ccc(S(C)(=O)=O)cc2)cn1.[H+]. The number of nitrogens with zero attached hydrogens (tertiary/aromatic N) is 5. The van der Waals surface area contributed by atoms with Gasteiger partial charge in [0.15, 0.2) is 21.9 Å². The van der Waals surface area contributed by atoms with Crippen molar-refractivity contribution < 1.29 is 19.4 Å². The minimum Gasteiger partial charge on any atom is -0.297 e. The van der Waals surface area contributed by atoms with E-state index in [0.29, 0.717) is 28.3 Å². The predicted molar refractivity (Wildman–Crippen MR) is 292 cm³/mol. The van der Waals surface area contributed by atoms with E-state index in [2.05, 4.69) is 55.4 Å². The minimum absolute atomic E-state index is 0. The Labute approximate surface area is 435 Å². The third-order valence-corrected chi connectivity index (χ3v) is 13.6. The molecule has 0 radical (unpaired) electrons. The number of sulfone groups is 1. The zero-order chi connectivity index (χ0) is 50.8. The van der Waals surface area contributed by atoms with Gasteiger partial charge < -0.3 is 0 Å². The highest BCUT2D eigenvalue weighted by Gasteiger charge is 2.14. The zero-order valence-electron chi connectivity index (χ0n) is 40.5. The molecule has 0 fully saturated rings. The van der Waals surface area contributed by atoms with E-state index < -0.39 is 9.84 Å². The Morgan fingerprint density at radius 1 is 0.586 bits per heavy atom. The lowest BCUT2D eigenvalue weighted by atomic mass is 10.0. The summed E-state index contributed by atoms with van der Waals surface area (Å²) in [4.78, 5) is 46.1. The number of pyridine rings is 5. The quantitative estimate of drug-likeness (QED) is 0.0530. The molecule has 5 aromatic heterocycles. The molecule has 70 heavy (non-hydrogen) atoms. The third kappa shape index (κ3) is 16.6. The van der Waals surface area contributed by atoms with Gasteiger partial charge in [-0.3, -0.25) is 34.5 Å².